The second-order valence-electron chi connectivity index (χ2n) is 6.20. The number of para-hydroxylation sites is 1. The normalized spacial score (nSPS) is 11.0. The lowest BCUT2D eigenvalue weighted by Crippen LogP contribution is -2.12. The molecule has 2 heterocycles. The van der Waals surface area contributed by atoms with Crippen molar-refractivity contribution >= 4 is 45.7 Å². The Morgan fingerprint density at radius 3 is 2.86 bits per heavy atom. The van der Waals surface area contributed by atoms with E-state index in [0.717, 1.165) is 20.3 Å². The molecule has 0 saturated heterocycles. The number of aryl methyl sites for hydroxylation is 1. The minimum Gasteiger partial charge on any atom is -0.494 e. The predicted molar refractivity (Wildman–Crippen MR) is 116 cm³/mol. The number of furan rings is 1. The maximum absolute atomic E-state index is 13.0. The fourth-order valence-corrected chi connectivity index (χ4v) is 4.76. The quantitative estimate of drug-likeness (QED) is 0.392. The van der Waals surface area contributed by atoms with E-state index >= 15 is 0 Å². The van der Waals surface area contributed by atoms with Crippen molar-refractivity contribution in [1.29, 1.82) is 0 Å². The highest BCUT2D eigenvalue weighted by molar-refractivity contribution is 8.00. The van der Waals surface area contributed by atoms with Crippen molar-refractivity contribution in [1.82, 2.24) is 10.2 Å². The molecule has 4 aromatic rings. The van der Waals surface area contributed by atoms with Gasteiger partial charge in [-0.3, -0.25) is 4.79 Å². The molecule has 0 fully saturated rings. The summed E-state index contributed by atoms with van der Waals surface area (Å²) in [5, 5.41) is 13.0. The average Bonchev–Trinajstić information content (AvgIpc) is 3.30. The van der Waals surface area contributed by atoms with E-state index < -0.39 is 0 Å². The van der Waals surface area contributed by atoms with Crippen LogP contribution in [0.25, 0.3) is 11.0 Å². The summed E-state index contributed by atoms with van der Waals surface area (Å²) in [5.41, 5.74) is 2.18. The van der Waals surface area contributed by atoms with E-state index in [2.05, 4.69) is 15.5 Å². The molecule has 2 aromatic heterocycles. The maximum atomic E-state index is 13.0. The first-order valence-electron chi connectivity index (χ1n) is 9.11. The molecule has 148 valence electrons. The fourth-order valence-electron chi connectivity index (χ4n) is 2.91. The molecule has 4 rings (SSSR count). The summed E-state index contributed by atoms with van der Waals surface area (Å²) in [6.07, 6.45) is 0. The Morgan fingerprint density at radius 1 is 1.21 bits per heavy atom. The van der Waals surface area contributed by atoms with Crippen LogP contribution in [0.3, 0.4) is 0 Å². The summed E-state index contributed by atoms with van der Waals surface area (Å²) in [5.74, 6) is 1.28. The molecular weight excluding hydrogens is 406 g/mol. The number of aromatic nitrogens is 2. The molecule has 1 N–H and O–H groups in total. The van der Waals surface area contributed by atoms with E-state index in [1.807, 2.05) is 56.3 Å². The van der Waals surface area contributed by atoms with Gasteiger partial charge in [0.15, 0.2) is 10.1 Å². The maximum Gasteiger partial charge on any atom is 0.291 e. The van der Waals surface area contributed by atoms with Crippen LogP contribution in [0.2, 0.25) is 0 Å². The number of hydrogen-bond donors (Lipinski definition) is 1. The number of nitrogens with one attached hydrogen (secondary N) is 1. The minimum absolute atomic E-state index is 0.293. The number of nitrogens with zero attached hydrogens (tertiary/aromatic N) is 2. The van der Waals surface area contributed by atoms with Crippen molar-refractivity contribution in [2.24, 2.45) is 0 Å². The molecule has 2 aromatic carbocycles. The molecule has 8 heteroatoms. The van der Waals surface area contributed by atoms with Crippen LogP contribution in [-0.4, -0.2) is 22.7 Å². The number of benzene rings is 2. The molecule has 0 aliphatic carbocycles. The summed E-state index contributed by atoms with van der Waals surface area (Å²) in [7, 11) is 0. The Bertz CT molecular complexity index is 1150. The second kappa shape index (κ2) is 8.67. The summed E-state index contributed by atoms with van der Waals surface area (Å²) in [6, 6.07) is 15.0. The summed E-state index contributed by atoms with van der Waals surface area (Å²) in [6.45, 7) is 4.40. The highest BCUT2D eigenvalue weighted by Gasteiger charge is 2.21. The van der Waals surface area contributed by atoms with Crippen LogP contribution in [-0.2, 0) is 5.75 Å². The highest BCUT2D eigenvalue weighted by atomic mass is 32.2. The largest absolute Gasteiger partial charge is 0.494 e. The van der Waals surface area contributed by atoms with Gasteiger partial charge < -0.3 is 14.5 Å². The first-order valence-corrected chi connectivity index (χ1v) is 10.9. The van der Waals surface area contributed by atoms with Crippen LogP contribution < -0.4 is 10.1 Å². The lowest BCUT2D eigenvalue weighted by Gasteiger charge is -2.08. The molecule has 0 radical (unpaired) electrons. The molecule has 0 atom stereocenters. The van der Waals surface area contributed by atoms with Crippen molar-refractivity contribution in [3.8, 4) is 5.75 Å². The topological polar surface area (TPSA) is 77.2 Å². The van der Waals surface area contributed by atoms with Gasteiger partial charge in [0.1, 0.15) is 16.3 Å². The van der Waals surface area contributed by atoms with Gasteiger partial charge in [-0.25, -0.2) is 0 Å². The van der Waals surface area contributed by atoms with E-state index in [9.17, 15) is 4.79 Å². The van der Waals surface area contributed by atoms with Crippen LogP contribution in [0.5, 0.6) is 5.75 Å². The van der Waals surface area contributed by atoms with Gasteiger partial charge in [0, 0.05) is 28.5 Å². The monoisotopic (exact) mass is 425 g/mol. The average molecular weight is 426 g/mol. The number of hydrogen-bond acceptors (Lipinski definition) is 7. The molecule has 0 aliphatic heterocycles. The zero-order valence-corrected chi connectivity index (χ0v) is 17.6. The molecule has 0 unspecified atom stereocenters. The number of thioether (sulfide) groups is 1. The lowest BCUT2D eigenvalue weighted by atomic mass is 10.1. The fraction of sp³-hybridized carbons (Fsp3) is 0.190. The van der Waals surface area contributed by atoms with Gasteiger partial charge in [-0.2, -0.15) is 0 Å². The molecule has 0 spiro atoms. The SMILES string of the molecule is CCOc1cccc(NC(=O)c2oc3ccccc3c2CSc2nnc(C)s2)c1. The zero-order chi connectivity index (χ0) is 20.2. The van der Waals surface area contributed by atoms with Crippen molar-refractivity contribution in [2.45, 2.75) is 23.9 Å². The second-order valence-corrected chi connectivity index (χ2v) is 8.60. The molecule has 0 saturated carbocycles. The predicted octanol–water partition coefficient (Wildman–Crippen LogP) is 5.54. The lowest BCUT2D eigenvalue weighted by molar-refractivity contribution is 0.0998. The Kier molecular flexibility index (Phi) is 5.82. The number of carbonyl (C=O) groups is 1. The molecule has 0 bridgehead atoms. The van der Waals surface area contributed by atoms with Crippen molar-refractivity contribution in [2.75, 3.05) is 11.9 Å². The van der Waals surface area contributed by atoms with Crippen LogP contribution in [0, 0.1) is 6.92 Å². The Labute approximate surface area is 176 Å². The van der Waals surface area contributed by atoms with E-state index in [1.54, 1.807) is 17.8 Å². The van der Waals surface area contributed by atoms with Crippen molar-refractivity contribution in [3.63, 3.8) is 0 Å². The van der Waals surface area contributed by atoms with Gasteiger partial charge in [0.05, 0.1) is 6.61 Å². The van der Waals surface area contributed by atoms with Crippen LogP contribution >= 0.6 is 23.1 Å². The molecular formula is C21H19N3O3S2. The number of rotatable bonds is 7. The third-order valence-corrected chi connectivity index (χ3v) is 6.15. The first kappa shape index (κ1) is 19.5. The third kappa shape index (κ3) is 4.44. The minimum atomic E-state index is -0.293. The standard InChI is InChI=1S/C21H19N3O3S2/c1-3-26-15-8-6-7-14(11-15)22-20(25)19-17(12-28-21-24-23-13(2)29-21)16-9-4-5-10-18(16)27-19/h4-11H,3,12H2,1-2H3,(H,22,25). The van der Waals surface area contributed by atoms with Gasteiger partial charge in [-0.15, -0.1) is 10.2 Å². The Morgan fingerprint density at radius 2 is 2.07 bits per heavy atom. The number of carbonyl (C=O) groups excluding carboxylic acids is 1. The zero-order valence-electron chi connectivity index (χ0n) is 16.0. The highest BCUT2D eigenvalue weighted by Crippen LogP contribution is 2.33. The molecule has 0 aliphatic rings. The first-order chi connectivity index (χ1) is 14.1. The number of ether oxygens (including phenoxy) is 1. The molecule has 29 heavy (non-hydrogen) atoms. The third-order valence-electron chi connectivity index (χ3n) is 4.15. The van der Waals surface area contributed by atoms with Gasteiger partial charge in [-0.05, 0) is 32.0 Å². The van der Waals surface area contributed by atoms with Gasteiger partial charge in [-0.1, -0.05) is 47.4 Å². The summed E-state index contributed by atoms with van der Waals surface area (Å²) < 4.78 is 12.3. The Balaban J connectivity index is 1.61. The van der Waals surface area contributed by atoms with Crippen LogP contribution in [0.1, 0.15) is 28.0 Å². The van der Waals surface area contributed by atoms with E-state index in [-0.39, 0.29) is 5.91 Å². The number of fused-ring (bicyclic) bond motifs is 1. The number of amides is 1. The molecule has 6 nitrogen and oxygen atoms in total. The smallest absolute Gasteiger partial charge is 0.291 e. The van der Waals surface area contributed by atoms with Gasteiger partial charge in [0.25, 0.3) is 5.91 Å². The van der Waals surface area contributed by atoms with Gasteiger partial charge >= 0.3 is 0 Å². The van der Waals surface area contributed by atoms with Gasteiger partial charge in [0.2, 0.25) is 0 Å². The van der Waals surface area contributed by atoms with E-state index in [0.29, 0.717) is 35.1 Å². The van der Waals surface area contributed by atoms with Crippen molar-refractivity contribution in [3.05, 3.63) is 64.9 Å². The number of anilines is 1. The molecule has 1 amide bonds. The van der Waals surface area contributed by atoms with Crippen LogP contribution in [0.4, 0.5) is 5.69 Å². The van der Waals surface area contributed by atoms with E-state index in [1.165, 1.54) is 11.3 Å². The van der Waals surface area contributed by atoms with E-state index in [4.69, 9.17) is 9.15 Å². The Hall–Kier alpha value is -2.84. The van der Waals surface area contributed by atoms with Crippen LogP contribution in [0.15, 0.2) is 57.3 Å². The summed E-state index contributed by atoms with van der Waals surface area (Å²) >= 11 is 3.08. The summed E-state index contributed by atoms with van der Waals surface area (Å²) in [4.78, 5) is 13.0. The van der Waals surface area contributed by atoms with Crippen molar-refractivity contribution < 1.29 is 13.9 Å².